The lowest BCUT2D eigenvalue weighted by atomic mass is 9.86. The molecule has 1 fully saturated rings. The summed E-state index contributed by atoms with van der Waals surface area (Å²) >= 11 is 0. The van der Waals surface area contributed by atoms with Crippen molar-refractivity contribution >= 4 is 5.91 Å². The molecular weight excluding hydrogens is 338 g/mol. The Morgan fingerprint density at radius 3 is 2.41 bits per heavy atom. The number of likely N-dealkylation sites (N-methyl/N-ethyl adjacent to an activating group) is 1. The molecule has 3 rings (SSSR count). The highest BCUT2D eigenvalue weighted by Crippen LogP contribution is 2.31. The molecule has 27 heavy (non-hydrogen) atoms. The quantitative estimate of drug-likeness (QED) is 0.812. The Bertz CT molecular complexity index is 779. The molecule has 2 heterocycles. The van der Waals surface area contributed by atoms with Crippen molar-refractivity contribution in [3.05, 3.63) is 59.3 Å². The zero-order valence-electron chi connectivity index (χ0n) is 16.9. The Morgan fingerprint density at radius 1 is 1.15 bits per heavy atom. The summed E-state index contributed by atoms with van der Waals surface area (Å²) in [6.07, 6.45) is 2.57. The van der Waals surface area contributed by atoms with Crippen molar-refractivity contribution in [1.82, 2.24) is 14.8 Å². The molecule has 5 nitrogen and oxygen atoms in total. The van der Waals surface area contributed by atoms with Gasteiger partial charge in [0.05, 0.1) is 13.7 Å². The summed E-state index contributed by atoms with van der Waals surface area (Å²) in [5, 5.41) is 0. The van der Waals surface area contributed by atoms with Crippen molar-refractivity contribution in [2.75, 3.05) is 27.2 Å². The zero-order chi connectivity index (χ0) is 19.6. The van der Waals surface area contributed by atoms with Crippen molar-refractivity contribution in [3.8, 4) is 5.88 Å². The molecule has 0 saturated carbocycles. The average Bonchev–Trinajstić information content (AvgIpc) is 2.93. The molecule has 0 radical (unpaired) electrons. The maximum atomic E-state index is 12.6. The van der Waals surface area contributed by atoms with Gasteiger partial charge < -0.3 is 9.64 Å². The fraction of sp³-hybridized carbons (Fsp3) is 0.455. The van der Waals surface area contributed by atoms with Gasteiger partial charge in [0.1, 0.15) is 6.17 Å². The molecule has 5 heteroatoms. The molecule has 1 aliphatic rings. The molecule has 0 bridgehead atoms. The lowest BCUT2D eigenvalue weighted by Gasteiger charge is -2.29. The summed E-state index contributed by atoms with van der Waals surface area (Å²) in [4.78, 5) is 20.9. The minimum absolute atomic E-state index is 0.0160. The van der Waals surface area contributed by atoms with Gasteiger partial charge in [-0.2, -0.15) is 0 Å². The van der Waals surface area contributed by atoms with Crippen molar-refractivity contribution in [1.29, 1.82) is 0 Å². The van der Waals surface area contributed by atoms with E-state index in [0.29, 0.717) is 19.0 Å². The molecule has 1 saturated heterocycles. The maximum Gasteiger partial charge on any atom is 0.238 e. The van der Waals surface area contributed by atoms with Crippen LogP contribution in [0.2, 0.25) is 0 Å². The van der Waals surface area contributed by atoms with Gasteiger partial charge in [-0.25, -0.2) is 4.98 Å². The second-order valence-corrected chi connectivity index (χ2v) is 8.21. The Balaban J connectivity index is 1.75. The SMILES string of the molecule is COc1ccc(CCN2C(=O)CN(C)C2c2ccc(C(C)(C)C)cc2)cn1. The summed E-state index contributed by atoms with van der Waals surface area (Å²) in [5.41, 5.74) is 3.68. The van der Waals surface area contributed by atoms with Gasteiger partial charge in [-0.15, -0.1) is 0 Å². The second kappa shape index (κ2) is 7.69. The normalized spacial score (nSPS) is 18.2. The van der Waals surface area contributed by atoms with E-state index in [-0.39, 0.29) is 17.5 Å². The highest BCUT2D eigenvalue weighted by Gasteiger charge is 2.36. The number of methoxy groups -OCH3 is 1. The van der Waals surface area contributed by atoms with E-state index in [2.05, 4.69) is 54.9 Å². The number of rotatable bonds is 5. The van der Waals surface area contributed by atoms with Crippen LogP contribution in [0.25, 0.3) is 0 Å². The number of aromatic nitrogens is 1. The zero-order valence-corrected chi connectivity index (χ0v) is 16.9. The number of hydrogen-bond donors (Lipinski definition) is 0. The minimum Gasteiger partial charge on any atom is -0.481 e. The number of ether oxygens (including phenoxy) is 1. The summed E-state index contributed by atoms with van der Waals surface area (Å²) in [7, 11) is 3.62. The first-order valence-electron chi connectivity index (χ1n) is 9.38. The Morgan fingerprint density at radius 2 is 1.85 bits per heavy atom. The molecule has 1 atom stereocenters. The summed E-state index contributed by atoms with van der Waals surface area (Å²) in [6, 6.07) is 12.5. The molecular formula is C22H29N3O2. The highest BCUT2D eigenvalue weighted by molar-refractivity contribution is 5.81. The van der Waals surface area contributed by atoms with Crippen LogP contribution in [0, 0.1) is 0 Å². The van der Waals surface area contributed by atoms with Crippen LogP contribution < -0.4 is 4.74 Å². The van der Waals surface area contributed by atoms with Gasteiger partial charge in [0, 0.05) is 18.8 Å². The number of amides is 1. The van der Waals surface area contributed by atoms with Crippen molar-refractivity contribution in [2.45, 2.75) is 38.8 Å². The number of benzene rings is 1. The van der Waals surface area contributed by atoms with Crippen LogP contribution in [0.1, 0.15) is 43.6 Å². The first kappa shape index (κ1) is 19.4. The van der Waals surface area contributed by atoms with Crippen molar-refractivity contribution in [2.24, 2.45) is 0 Å². The first-order valence-corrected chi connectivity index (χ1v) is 9.38. The fourth-order valence-electron chi connectivity index (χ4n) is 3.53. The largest absolute Gasteiger partial charge is 0.481 e. The third-order valence-electron chi connectivity index (χ3n) is 5.14. The smallest absolute Gasteiger partial charge is 0.238 e. The number of carbonyl (C=O) groups excluding carboxylic acids is 1. The van der Waals surface area contributed by atoms with Crippen LogP contribution >= 0.6 is 0 Å². The molecule has 1 aromatic carbocycles. The van der Waals surface area contributed by atoms with Crippen LogP contribution in [-0.2, 0) is 16.6 Å². The molecule has 1 aliphatic heterocycles. The van der Waals surface area contributed by atoms with E-state index in [4.69, 9.17) is 4.74 Å². The van der Waals surface area contributed by atoms with Gasteiger partial charge in [0.2, 0.25) is 11.8 Å². The molecule has 1 aromatic heterocycles. The predicted molar refractivity (Wildman–Crippen MR) is 107 cm³/mol. The van der Waals surface area contributed by atoms with Gasteiger partial charge in [-0.3, -0.25) is 9.69 Å². The Labute approximate surface area is 162 Å². The number of carbonyl (C=O) groups is 1. The highest BCUT2D eigenvalue weighted by atomic mass is 16.5. The van der Waals surface area contributed by atoms with Crippen molar-refractivity contribution < 1.29 is 9.53 Å². The van der Waals surface area contributed by atoms with Crippen LogP contribution in [-0.4, -0.2) is 47.9 Å². The van der Waals surface area contributed by atoms with Gasteiger partial charge in [-0.05, 0) is 35.6 Å². The number of nitrogens with zero attached hydrogens (tertiary/aromatic N) is 3. The summed E-state index contributed by atoms with van der Waals surface area (Å²) < 4.78 is 5.10. The van der Waals surface area contributed by atoms with Crippen LogP contribution in [0.15, 0.2) is 42.6 Å². The second-order valence-electron chi connectivity index (χ2n) is 8.21. The maximum absolute atomic E-state index is 12.6. The van der Waals surface area contributed by atoms with E-state index < -0.39 is 0 Å². The first-order chi connectivity index (χ1) is 12.8. The van der Waals surface area contributed by atoms with E-state index in [1.54, 1.807) is 7.11 Å². The third kappa shape index (κ3) is 4.30. The molecule has 1 amide bonds. The minimum atomic E-state index is -0.0160. The van der Waals surface area contributed by atoms with E-state index in [1.165, 1.54) is 5.56 Å². The van der Waals surface area contributed by atoms with Crippen LogP contribution in [0.3, 0.4) is 0 Å². The average molecular weight is 367 g/mol. The predicted octanol–water partition coefficient (Wildman–Crippen LogP) is 3.40. The monoisotopic (exact) mass is 367 g/mol. The van der Waals surface area contributed by atoms with Crippen molar-refractivity contribution in [3.63, 3.8) is 0 Å². The summed E-state index contributed by atoms with van der Waals surface area (Å²) in [5.74, 6) is 0.774. The molecule has 1 unspecified atom stereocenters. The van der Waals surface area contributed by atoms with E-state index in [1.807, 2.05) is 30.3 Å². The molecule has 144 valence electrons. The Kier molecular flexibility index (Phi) is 5.51. The molecule has 0 aliphatic carbocycles. The lowest BCUT2D eigenvalue weighted by molar-refractivity contribution is -0.128. The van der Waals surface area contributed by atoms with E-state index >= 15 is 0 Å². The van der Waals surface area contributed by atoms with Gasteiger partial charge in [0.25, 0.3) is 0 Å². The number of pyridine rings is 1. The number of hydrogen-bond acceptors (Lipinski definition) is 4. The standard InChI is InChI=1S/C22H29N3O2/c1-22(2,3)18-9-7-17(8-10-18)21-24(4)15-20(26)25(21)13-12-16-6-11-19(27-5)23-14-16/h6-11,14,21H,12-13,15H2,1-5H3. The summed E-state index contributed by atoms with van der Waals surface area (Å²) in [6.45, 7) is 7.75. The fourth-order valence-corrected chi connectivity index (χ4v) is 3.53. The van der Waals surface area contributed by atoms with Gasteiger partial charge in [0.15, 0.2) is 0 Å². The molecule has 0 N–H and O–H groups in total. The third-order valence-corrected chi connectivity index (χ3v) is 5.14. The Hall–Kier alpha value is -2.40. The molecule has 0 spiro atoms. The van der Waals surface area contributed by atoms with Crippen LogP contribution in [0.5, 0.6) is 5.88 Å². The van der Waals surface area contributed by atoms with Gasteiger partial charge in [-0.1, -0.05) is 51.1 Å². The van der Waals surface area contributed by atoms with E-state index in [9.17, 15) is 4.79 Å². The van der Waals surface area contributed by atoms with Gasteiger partial charge >= 0.3 is 0 Å². The topological polar surface area (TPSA) is 45.7 Å². The molecule has 2 aromatic rings. The van der Waals surface area contributed by atoms with Crippen LogP contribution in [0.4, 0.5) is 0 Å². The van der Waals surface area contributed by atoms with E-state index in [0.717, 1.165) is 17.5 Å². The lowest BCUT2D eigenvalue weighted by Crippen LogP contribution is -2.32.